The summed E-state index contributed by atoms with van der Waals surface area (Å²) in [5.41, 5.74) is 2.59. The van der Waals surface area contributed by atoms with Crippen molar-refractivity contribution in [3.05, 3.63) is 39.9 Å². The molecular weight excluding hydrogens is 229 g/mol. The van der Waals surface area contributed by atoms with Crippen molar-refractivity contribution in [3.63, 3.8) is 0 Å². The van der Waals surface area contributed by atoms with E-state index in [0.717, 1.165) is 18.2 Å². The molecule has 88 valence electrons. The Morgan fingerprint density at radius 2 is 1.88 bits per heavy atom. The molecule has 8 heteroatoms. The summed E-state index contributed by atoms with van der Waals surface area (Å²) in [5, 5.41) is 10.1. The average Bonchev–Trinajstić information content (AvgIpc) is 2.18. The molecule has 0 heterocycles. The van der Waals surface area contributed by atoms with E-state index in [9.17, 15) is 23.3 Å². The van der Waals surface area contributed by atoms with Gasteiger partial charge in [0, 0.05) is 12.1 Å². The average molecular weight is 236 g/mol. The highest BCUT2D eigenvalue weighted by Gasteiger charge is 2.31. The third-order valence-electron chi connectivity index (χ3n) is 1.38. The van der Waals surface area contributed by atoms with Crippen LogP contribution in [0.1, 0.15) is 5.56 Å². The van der Waals surface area contributed by atoms with E-state index in [-0.39, 0.29) is 6.41 Å². The number of nitrogens with two attached hydrogens (primary N) is 1. The lowest BCUT2D eigenvalue weighted by molar-refractivity contribution is -0.385. The van der Waals surface area contributed by atoms with Gasteiger partial charge in [-0.05, 0) is 6.07 Å². The first kappa shape index (κ1) is 13.9. The van der Waals surface area contributed by atoms with Crippen LogP contribution in [0.25, 0.3) is 0 Å². The Bertz CT molecular complexity index is 379. The second-order valence-corrected chi connectivity index (χ2v) is 2.44. The summed E-state index contributed by atoms with van der Waals surface area (Å²) in [6, 6.07) is 3.29. The SMILES string of the molecule is NC=O.O=[N+]([O-])c1cccc(C(F)(F)F)c1. The van der Waals surface area contributed by atoms with Crippen molar-refractivity contribution >= 4 is 12.1 Å². The predicted octanol–water partition coefficient (Wildman–Crippen LogP) is 1.72. The van der Waals surface area contributed by atoms with Gasteiger partial charge in [-0.1, -0.05) is 6.07 Å². The van der Waals surface area contributed by atoms with E-state index in [1.54, 1.807) is 0 Å². The molecule has 0 bridgehead atoms. The number of primary amides is 1. The zero-order chi connectivity index (χ0) is 12.8. The normalized spacial score (nSPS) is 9.94. The molecule has 0 aliphatic rings. The summed E-state index contributed by atoms with van der Waals surface area (Å²) in [6.45, 7) is 0. The Hall–Kier alpha value is -2.12. The van der Waals surface area contributed by atoms with E-state index in [2.05, 4.69) is 5.73 Å². The van der Waals surface area contributed by atoms with Gasteiger partial charge in [0.15, 0.2) is 0 Å². The van der Waals surface area contributed by atoms with Crippen LogP contribution in [0, 0.1) is 10.1 Å². The molecule has 5 nitrogen and oxygen atoms in total. The largest absolute Gasteiger partial charge is 0.416 e. The maximum Gasteiger partial charge on any atom is 0.416 e. The zero-order valence-electron chi connectivity index (χ0n) is 7.77. The molecule has 0 unspecified atom stereocenters. The first-order valence-electron chi connectivity index (χ1n) is 3.80. The fourth-order valence-electron chi connectivity index (χ4n) is 0.796. The molecule has 0 aliphatic carbocycles. The molecular formula is C8H7F3N2O3. The van der Waals surface area contributed by atoms with Crippen molar-refractivity contribution in [1.29, 1.82) is 0 Å². The summed E-state index contributed by atoms with van der Waals surface area (Å²) in [6.07, 6.45) is -4.29. The number of amides is 1. The van der Waals surface area contributed by atoms with Crippen LogP contribution in [0.2, 0.25) is 0 Å². The topological polar surface area (TPSA) is 86.2 Å². The highest BCUT2D eigenvalue weighted by molar-refractivity contribution is 5.42. The molecule has 0 radical (unpaired) electrons. The first-order chi connectivity index (χ1) is 7.32. The smallest absolute Gasteiger partial charge is 0.372 e. The Morgan fingerprint density at radius 1 is 1.38 bits per heavy atom. The van der Waals surface area contributed by atoms with Crippen LogP contribution in [0.4, 0.5) is 18.9 Å². The van der Waals surface area contributed by atoms with Crippen LogP contribution in [0.15, 0.2) is 24.3 Å². The van der Waals surface area contributed by atoms with Gasteiger partial charge in [-0.2, -0.15) is 13.2 Å². The zero-order valence-corrected chi connectivity index (χ0v) is 7.77. The molecule has 0 aliphatic heterocycles. The van der Waals surface area contributed by atoms with Gasteiger partial charge >= 0.3 is 6.18 Å². The van der Waals surface area contributed by atoms with E-state index >= 15 is 0 Å². The van der Waals surface area contributed by atoms with Gasteiger partial charge in [-0.3, -0.25) is 14.9 Å². The minimum Gasteiger partial charge on any atom is -0.372 e. The number of alkyl halides is 3. The van der Waals surface area contributed by atoms with Gasteiger partial charge in [-0.15, -0.1) is 0 Å². The summed E-state index contributed by atoms with van der Waals surface area (Å²) in [4.78, 5) is 17.8. The predicted molar refractivity (Wildman–Crippen MR) is 48.3 cm³/mol. The minimum atomic E-state index is -4.54. The molecule has 0 atom stereocenters. The van der Waals surface area contributed by atoms with Crippen LogP contribution in [0.5, 0.6) is 0 Å². The number of nitro benzene ring substituents is 1. The number of carbonyl (C=O) groups excluding carboxylic acids is 1. The van der Waals surface area contributed by atoms with Crippen molar-refractivity contribution in [2.24, 2.45) is 5.73 Å². The molecule has 0 saturated heterocycles. The van der Waals surface area contributed by atoms with Gasteiger partial charge in [0.2, 0.25) is 6.41 Å². The molecule has 1 aromatic rings. The lowest BCUT2D eigenvalue weighted by atomic mass is 10.2. The molecule has 1 aromatic carbocycles. The van der Waals surface area contributed by atoms with E-state index in [1.807, 2.05) is 0 Å². The van der Waals surface area contributed by atoms with Gasteiger partial charge in [0.25, 0.3) is 5.69 Å². The van der Waals surface area contributed by atoms with Gasteiger partial charge in [0.05, 0.1) is 10.5 Å². The number of nitro groups is 1. The van der Waals surface area contributed by atoms with Crippen molar-refractivity contribution in [2.75, 3.05) is 0 Å². The fraction of sp³-hybridized carbons (Fsp3) is 0.125. The lowest BCUT2D eigenvalue weighted by Gasteiger charge is -2.04. The summed E-state index contributed by atoms with van der Waals surface area (Å²) in [7, 11) is 0. The van der Waals surface area contributed by atoms with E-state index in [1.165, 1.54) is 0 Å². The van der Waals surface area contributed by atoms with Crippen LogP contribution in [0.3, 0.4) is 0 Å². The van der Waals surface area contributed by atoms with Crippen LogP contribution < -0.4 is 5.73 Å². The number of halogens is 3. The van der Waals surface area contributed by atoms with Gasteiger partial charge in [-0.25, -0.2) is 0 Å². The van der Waals surface area contributed by atoms with E-state index < -0.39 is 22.4 Å². The maximum absolute atomic E-state index is 12.0. The first-order valence-corrected chi connectivity index (χ1v) is 3.80. The number of hydrogen-bond donors (Lipinski definition) is 1. The fourth-order valence-corrected chi connectivity index (χ4v) is 0.796. The van der Waals surface area contributed by atoms with Crippen molar-refractivity contribution < 1.29 is 22.9 Å². The Kier molecular flexibility index (Phi) is 4.93. The number of non-ortho nitro benzene ring substituents is 1. The maximum atomic E-state index is 12.0. The van der Waals surface area contributed by atoms with Crippen LogP contribution >= 0.6 is 0 Å². The van der Waals surface area contributed by atoms with Gasteiger partial charge in [0.1, 0.15) is 0 Å². The second-order valence-electron chi connectivity index (χ2n) is 2.44. The molecule has 1 rings (SSSR count). The summed E-state index contributed by atoms with van der Waals surface area (Å²) in [5.74, 6) is 0. The Balaban J connectivity index is 0.000000673. The highest BCUT2D eigenvalue weighted by atomic mass is 19.4. The highest BCUT2D eigenvalue weighted by Crippen LogP contribution is 2.30. The van der Waals surface area contributed by atoms with E-state index in [0.29, 0.717) is 6.07 Å². The monoisotopic (exact) mass is 236 g/mol. The molecule has 0 fully saturated rings. The number of rotatable bonds is 1. The van der Waals surface area contributed by atoms with E-state index in [4.69, 9.17) is 4.79 Å². The third kappa shape index (κ3) is 4.40. The van der Waals surface area contributed by atoms with Crippen molar-refractivity contribution in [3.8, 4) is 0 Å². The second kappa shape index (κ2) is 5.69. The molecule has 2 N–H and O–H groups in total. The molecule has 0 aromatic heterocycles. The molecule has 1 amide bonds. The Labute approximate surface area is 87.8 Å². The van der Waals surface area contributed by atoms with Crippen molar-refractivity contribution in [2.45, 2.75) is 6.18 Å². The lowest BCUT2D eigenvalue weighted by Crippen LogP contribution is -2.04. The van der Waals surface area contributed by atoms with Crippen LogP contribution in [-0.2, 0) is 11.0 Å². The quantitative estimate of drug-likeness (QED) is 0.457. The number of hydrogen-bond acceptors (Lipinski definition) is 3. The summed E-state index contributed by atoms with van der Waals surface area (Å²) < 4.78 is 36.0. The van der Waals surface area contributed by atoms with Gasteiger partial charge < -0.3 is 5.73 Å². The summed E-state index contributed by atoms with van der Waals surface area (Å²) >= 11 is 0. The van der Waals surface area contributed by atoms with Crippen LogP contribution in [-0.4, -0.2) is 11.3 Å². The van der Waals surface area contributed by atoms with Crippen molar-refractivity contribution in [1.82, 2.24) is 0 Å². The standard InChI is InChI=1S/C7H4F3NO2.CH3NO/c8-7(9,10)5-2-1-3-6(4-5)11(12)13;2-1-3/h1-4H;1H,(H2,2,3). The Morgan fingerprint density at radius 3 is 2.25 bits per heavy atom. The third-order valence-corrected chi connectivity index (χ3v) is 1.38. The molecule has 16 heavy (non-hydrogen) atoms. The number of benzene rings is 1. The molecule has 0 spiro atoms. The number of nitrogens with zero attached hydrogens (tertiary/aromatic N) is 1. The molecule has 0 saturated carbocycles. The number of carbonyl (C=O) groups is 1. The minimum absolute atomic E-state index is 0.250.